The molecule has 0 heterocycles. The second-order valence-electron chi connectivity index (χ2n) is 32.2. The van der Waals surface area contributed by atoms with Gasteiger partial charge in [-0.15, -0.1) is 0 Å². The summed E-state index contributed by atoms with van der Waals surface area (Å²) < 4.78 is 126. The molecule has 0 spiro atoms. The fourth-order valence-electron chi connectivity index (χ4n) is 9.60. The van der Waals surface area contributed by atoms with Crippen molar-refractivity contribution >= 4 is 17.9 Å². The molecule has 10 nitrogen and oxygen atoms in total. The first kappa shape index (κ1) is 108. The number of ether oxygens (including phenoxy) is 4. The molecule has 0 radical (unpaired) electrons. The first-order chi connectivity index (χ1) is 48.3. The Morgan fingerprint density at radius 3 is 1.08 bits per heavy atom. The van der Waals surface area contributed by atoms with Gasteiger partial charge >= 0.3 is 17.9 Å². The van der Waals surface area contributed by atoms with Crippen LogP contribution < -0.4 is 0 Å². The molecule has 0 aliphatic carbocycles. The Morgan fingerprint density at radius 2 is 0.802 bits per heavy atom. The van der Waals surface area contributed by atoms with Crippen LogP contribution in [0.5, 0.6) is 0 Å². The smallest absolute Gasteiger partial charge is 0.341 e. The molecule has 1 unspecified atom stereocenters. The standard InChI is InChI=1S/2C10H8F4O2.C10H12O2.2C10H14.3C8H18O.C8H18.C6H14O/c1-3(2)4-6(11)5(10(15)16)8(13)9(14)7(4)12;1-3(2)4-5(10(15)16)7(12)9(14)8(13)6(4)11;1-7(2)8-4-3-5-9(6-8)10(11)12;1-8(2)10-6-4-9(3)5-7-10;1-8(2)10-7-5-4-6-9(10)3;1-7(2)9-6-8(3,4)5;1-6(2)8(5)9-7(3)4;1-5-8(6-2)9-7(3)4;1-7(2)6-8(3,4)5;1-5(2)7-6(3)4/h2*3H,1-2H3,(H,15,16);3-7H,1-2H3,(H,11,12);2*4-8H,1-3H3;7H,6H2,1-5H3;6-8H,1-5H3;7-8H,5-6H2,1-4H3;7H,6H2,1-5H3;5-6H,1-4H3. The molecule has 0 aliphatic heterocycles. The highest BCUT2D eigenvalue weighted by Crippen LogP contribution is 2.32. The number of halogens is 8. The maximum Gasteiger partial charge on any atom is 0.341 e. The molecule has 3 N–H and O–H groups in total. The number of hydrogen-bond donors (Lipinski definition) is 3. The lowest BCUT2D eigenvalue weighted by atomic mass is 9.86. The Kier molecular flexibility index (Phi) is 56.5. The lowest BCUT2D eigenvalue weighted by molar-refractivity contribution is -0.00643. The summed E-state index contributed by atoms with van der Waals surface area (Å²) in [6.45, 7) is 72.8. The summed E-state index contributed by atoms with van der Waals surface area (Å²) in [6, 6.07) is 24.3. The van der Waals surface area contributed by atoms with Gasteiger partial charge < -0.3 is 34.3 Å². The van der Waals surface area contributed by atoms with Crippen LogP contribution in [-0.2, 0) is 18.9 Å². The molecule has 0 saturated carbocycles. The van der Waals surface area contributed by atoms with Gasteiger partial charge in [-0.25, -0.2) is 49.5 Å². The van der Waals surface area contributed by atoms with Crippen LogP contribution in [0.2, 0.25) is 0 Å². The molecule has 106 heavy (non-hydrogen) atoms. The van der Waals surface area contributed by atoms with E-state index in [-0.39, 0.29) is 0 Å². The quantitative estimate of drug-likeness (QED) is 0.0391. The topological polar surface area (TPSA) is 149 Å². The van der Waals surface area contributed by atoms with Gasteiger partial charge in [0, 0.05) is 11.1 Å². The highest BCUT2D eigenvalue weighted by atomic mass is 19.2. The van der Waals surface area contributed by atoms with Gasteiger partial charge in [0.15, 0.2) is 40.7 Å². The minimum Gasteiger partial charge on any atom is -0.478 e. The van der Waals surface area contributed by atoms with Gasteiger partial charge in [0.2, 0.25) is 0 Å². The number of aryl methyl sites for hydroxylation is 2. The molecule has 5 rings (SSSR count). The van der Waals surface area contributed by atoms with E-state index in [1.54, 1.807) is 18.2 Å². The average molecular weight is 1510 g/mol. The molecular weight excluding hydrogens is 1370 g/mol. The molecule has 18 heteroatoms. The molecule has 0 aromatic heterocycles. The van der Waals surface area contributed by atoms with Crippen molar-refractivity contribution in [2.24, 2.45) is 22.7 Å². The van der Waals surface area contributed by atoms with Crippen molar-refractivity contribution in [1.82, 2.24) is 0 Å². The Balaban J connectivity index is -0.000000361. The molecule has 0 amide bonds. The van der Waals surface area contributed by atoms with E-state index in [2.05, 4.69) is 222 Å². The van der Waals surface area contributed by atoms with Crippen LogP contribution in [0.3, 0.4) is 0 Å². The molecule has 5 aromatic carbocycles. The third-order valence-corrected chi connectivity index (χ3v) is 14.8. The molecule has 0 aliphatic rings. The van der Waals surface area contributed by atoms with Crippen molar-refractivity contribution in [1.29, 1.82) is 0 Å². The first-order valence-corrected chi connectivity index (χ1v) is 37.5. The van der Waals surface area contributed by atoms with Crippen LogP contribution in [-0.4, -0.2) is 82.6 Å². The molecule has 5 aromatic rings. The van der Waals surface area contributed by atoms with E-state index in [0.29, 0.717) is 82.8 Å². The Hall–Kier alpha value is -6.21. The van der Waals surface area contributed by atoms with Crippen LogP contribution in [0.1, 0.15) is 347 Å². The predicted molar refractivity (Wildman–Crippen MR) is 425 cm³/mol. The maximum absolute atomic E-state index is 13.4. The largest absolute Gasteiger partial charge is 0.478 e. The van der Waals surface area contributed by atoms with Gasteiger partial charge in [0.05, 0.1) is 54.9 Å². The maximum atomic E-state index is 13.4. The average Bonchev–Trinajstić information content (AvgIpc) is 0.785. The molecular formula is C88H142F8O10. The second-order valence-corrected chi connectivity index (χ2v) is 32.2. The van der Waals surface area contributed by atoms with E-state index in [0.717, 1.165) is 30.9 Å². The van der Waals surface area contributed by atoms with Gasteiger partial charge in [0.25, 0.3) is 0 Å². The van der Waals surface area contributed by atoms with Crippen molar-refractivity contribution < 1.29 is 83.8 Å². The zero-order valence-electron chi connectivity index (χ0n) is 71.6. The molecule has 610 valence electrons. The zero-order chi connectivity index (χ0) is 84.3. The summed E-state index contributed by atoms with van der Waals surface area (Å²) in [5.74, 6) is -18.0. The van der Waals surface area contributed by atoms with E-state index >= 15 is 0 Å². The summed E-state index contributed by atoms with van der Waals surface area (Å²) in [6.07, 6.45) is 6.33. The van der Waals surface area contributed by atoms with Crippen molar-refractivity contribution in [3.63, 3.8) is 0 Å². The molecule has 0 bridgehead atoms. The third kappa shape index (κ3) is 49.7. The number of benzene rings is 5. The van der Waals surface area contributed by atoms with Crippen LogP contribution in [0.4, 0.5) is 35.1 Å². The highest BCUT2D eigenvalue weighted by Gasteiger charge is 2.32. The van der Waals surface area contributed by atoms with E-state index < -0.39 is 98.5 Å². The lowest BCUT2D eigenvalue weighted by Crippen LogP contribution is -2.19. The number of hydrogen-bond acceptors (Lipinski definition) is 7. The number of aromatic carboxylic acids is 3. The SMILES string of the molecule is CC(C)CC(C)(C)C.CC(C)OC(C)C.CC(C)OC(C)C(C)C.CC(C)OCC(C)(C)C.CC(C)c1c(F)c(F)c(F)c(C(=O)O)c1F.CC(C)c1c(F)c(F)c(F)c(F)c1C(=O)O.CC(C)c1cccc(C(=O)O)c1.CCC(CC)OC(C)C.Cc1ccc(C(C)C)cc1.Cc1ccccc1C(C)C. The van der Waals surface area contributed by atoms with Gasteiger partial charge in [-0.3, -0.25) is 0 Å². The van der Waals surface area contributed by atoms with E-state index in [1.807, 2.05) is 47.6 Å². The number of carboxylic acids is 3. The second kappa shape index (κ2) is 55.2. The minimum atomic E-state index is -2.11. The monoisotopic (exact) mass is 1510 g/mol. The van der Waals surface area contributed by atoms with Crippen LogP contribution >= 0.6 is 0 Å². The van der Waals surface area contributed by atoms with Crippen LogP contribution in [0.15, 0.2) is 72.8 Å². The molecule has 0 fully saturated rings. The Morgan fingerprint density at radius 1 is 0.396 bits per heavy atom. The summed E-state index contributed by atoms with van der Waals surface area (Å²) in [4.78, 5) is 31.8. The zero-order valence-corrected chi connectivity index (χ0v) is 71.6. The normalized spacial score (nSPS) is 11.4. The highest BCUT2D eigenvalue weighted by molar-refractivity contribution is 5.90. The summed E-state index contributed by atoms with van der Waals surface area (Å²) >= 11 is 0. The Labute approximate surface area is 637 Å². The summed E-state index contributed by atoms with van der Waals surface area (Å²) in [5.41, 5.74) is 3.80. The van der Waals surface area contributed by atoms with E-state index in [1.165, 1.54) is 56.4 Å². The van der Waals surface area contributed by atoms with Gasteiger partial charge in [-0.1, -0.05) is 219 Å². The van der Waals surface area contributed by atoms with Crippen molar-refractivity contribution in [3.05, 3.63) is 175 Å². The summed E-state index contributed by atoms with van der Waals surface area (Å²) in [7, 11) is 0. The number of carbonyl (C=O) groups is 3. The molecule has 0 saturated heterocycles. The first-order valence-electron chi connectivity index (χ1n) is 37.5. The van der Waals surface area contributed by atoms with Crippen molar-refractivity contribution in [2.75, 3.05) is 6.61 Å². The predicted octanol–water partition coefficient (Wildman–Crippen LogP) is 27.3. The summed E-state index contributed by atoms with van der Waals surface area (Å²) in [5, 5.41) is 25.8. The van der Waals surface area contributed by atoms with Gasteiger partial charge in [0.1, 0.15) is 16.9 Å². The van der Waals surface area contributed by atoms with E-state index in [9.17, 15) is 49.5 Å². The lowest BCUT2D eigenvalue weighted by Gasteiger charge is -2.19. The fourth-order valence-corrected chi connectivity index (χ4v) is 9.60. The minimum absolute atomic E-state index is 0.310. The number of rotatable bonds is 20. The molecule has 1 atom stereocenters. The third-order valence-electron chi connectivity index (χ3n) is 14.8. The number of carboxylic acid groups (broad SMARTS) is 3. The Bertz CT molecular complexity index is 3190. The van der Waals surface area contributed by atoms with Crippen LogP contribution in [0, 0.1) is 83.1 Å². The van der Waals surface area contributed by atoms with Gasteiger partial charge in [-0.05, 0) is 196 Å². The van der Waals surface area contributed by atoms with E-state index in [4.69, 9.17) is 34.3 Å². The van der Waals surface area contributed by atoms with Crippen LogP contribution in [0.25, 0.3) is 0 Å². The fraction of sp³-hybridized carbons (Fsp3) is 0.625. The van der Waals surface area contributed by atoms with Gasteiger partial charge in [-0.2, -0.15) is 0 Å². The van der Waals surface area contributed by atoms with Crippen molar-refractivity contribution in [2.45, 2.75) is 334 Å². The van der Waals surface area contributed by atoms with Crippen molar-refractivity contribution in [3.8, 4) is 0 Å².